The van der Waals surface area contributed by atoms with Gasteiger partial charge in [-0.1, -0.05) is 86.2 Å². The molecule has 5 aromatic rings. The minimum absolute atomic E-state index is 0.0303. The first-order valence-electron chi connectivity index (χ1n) is 18.4. The van der Waals surface area contributed by atoms with Crippen LogP contribution < -0.4 is 19.4 Å². The van der Waals surface area contributed by atoms with Gasteiger partial charge >= 0.3 is 5.88 Å². The van der Waals surface area contributed by atoms with Crippen LogP contribution in [0.1, 0.15) is 94.0 Å². The maximum absolute atomic E-state index is 15.0. The lowest BCUT2D eigenvalue weighted by molar-refractivity contribution is -0.617. The molecule has 0 saturated heterocycles. The van der Waals surface area contributed by atoms with Crippen LogP contribution in [0.3, 0.4) is 0 Å². The molecule has 0 fully saturated rings. The number of carbonyl (C=O) groups is 2. The third kappa shape index (κ3) is 4.50. The highest BCUT2D eigenvalue weighted by atomic mass is 16.5. The lowest BCUT2D eigenvalue weighted by Crippen LogP contribution is -2.60. The van der Waals surface area contributed by atoms with E-state index in [2.05, 4.69) is 32.0 Å². The first-order chi connectivity index (χ1) is 25.9. The van der Waals surface area contributed by atoms with E-state index in [1.807, 2.05) is 60.7 Å². The Morgan fingerprint density at radius 3 is 2.20 bits per heavy atom. The minimum atomic E-state index is -2.73. The van der Waals surface area contributed by atoms with Gasteiger partial charge in [0.05, 0.1) is 24.2 Å². The average Bonchev–Trinajstić information content (AvgIpc) is 3.75. The van der Waals surface area contributed by atoms with Crippen molar-refractivity contribution in [1.29, 1.82) is 0 Å². The first kappa shape index (κ1) is 34.3. The van der Waals surface area contributed by atoms with Crippen molar-refractivity contribution in [2.24, 2.45) is 11.3 Å². The van der Waals surface area contributed by atoms with Gasteiger partial charge in [0, 0.05) is 39.9 Å². The van der Waals surface area contributed by atoms with Crippen LogP contribution in [0.25, 0.3) is 10.8 Å². The second-order valence-electron chi connectivity index (χ2n) is 15.8. The van der Waals surface area contributed by atoms with Crippen LogP contribution in [0, 0.1) is 11.3 Å². The summed E-state index contributed by atoms with van der Waals surface area (Å²) >= 11 is 0. The third-order valence-corrected chi connectivity index (χ3v) is 12.8. The summed E-state index contributed by atoms with van der Waals surface area (Å²) in [5.41, 5.74) is 0.551. The van der Waals surface area contributed by atoms with E-state index in [9.17, 15) is 24.9 Å². The summed E-state index contributed by atoms with van der Waals surface area (Å²) in [4.78, 5) is 29.5. The number of fused-ring (bicyclic) bond motifs is 5. The molecule has 0 unspecified atom stereocenters. The second-order valence-corrected chi connectivity index (χ2v) is 15.8. The molecule has 4 aromatic carbocycles. The van der Waals surface area contributed by atoms with Crippen molar-refractivity contribution in [2.75, 3.05) is 7.11 Å². The van der Waals surface area contributed by atoms with Gasteiger partial charge < -0.3 is 29.5 Å². The molecule has 0 radical (unpaired) electrons. The van der Waals surface area contributed by atoms with Crippen molar-refractivity contribution in [3.05, 3.63) is 123 Å². The van der Waals surface area contributed by atoms with Crippen molar-refractivity contribution >= 4 is 22.3 Å². The predicted octanol–water partition coefficient (Wildman–Crippen LogP) is 6.70. The molecule has 1 heterocycles. The van der Waals surface area contributed by atoms with Gasteiger partial charge in [0.25, 0.3) is 0 Å². The van der Waals surface area contributed by atoms with Crippen molar-refractivity contribution in [2.45, 2.75) is 76.8 Å². The number of phenols is 1. The van der Waals surface area contributed by atoms with E-state index < -0.39 is 40.4 Å². The van der Waals surface area contributed by atoms with Crippen molar-refractivity contribution in [3.8, 4) is 23.1 Å². The number of allylic oxidation sites excluding steroid dienone is 2. The van der Waals surface area contributed by atoms with Crippen molar-refractivity contribution in [3.63, 3.8) is 0 Å². The second kappa shape index (κ2) is 12.0. The standard InChI is InChI=1S/C44H41NO9/c1-23-12-11-17-42(2,3)43(23)20-26-31-33(28(19-30(51-4)36(31)43)52-21-24-13-7-5-8-14-24)38(47)35-32(26)37(46)27-18-29-34(39(48)44(27,50)40(35)49)41(45-54-29)53-22-25-15-9-6-10-16-25/h5-10,12-16,19,27,37,46-47,50H,11,17-18,20-22H2,1-4H3/p+1/t27-,37+,43-,44-/m0/s1. The number of hydrogen-bond acceptors (Lipinski definition) is 9. The van der Waals surface area contributed by atoms with Gasteiger partial charge in [-0.15, -0.1) is 0 Å². The van der Waals surface area contributed by atoms with Crippen molar-refractivity contribution < 1.29 is 48.8 Å². The number of aliphatic hydroxyl groups excluding tert-OH is 1. The number of aromatic hydroxyl groups is 1. The van der Waals surface area contributed by atoms with Crippen LogP contribution in [0.2, 0.25) is 0 Å². The van der Waals surface area contributed by atoms with Gasteiger partial charge in [0.1, 0.15) is 30.5 Å². The number of hydrogen-bond donors (Lipinski definition) is 3. The largest absolute Gasteiger partial charge is 0.506 e. The zero-order chi connectivity index (χ0) is 37.7. The van der Waals surface area contributed by atoms with Gasteiger partial charge in [0.2, 0.25) is 17.3 Å². The normalized spacial score (nSPS) is 24.9. The van der Waals surface area contributed by atoms with E-state index in [4.69, 9.17) is 18.7 Å². The lowest BCUT2D eigenvalue weighted by Gasteiger charge is -2.49. The SMILES string of the molecule is COc1cc(OCc2ccccc2)c2c(O)c3c(c4c2c1[C@]1(C4)C(C)=CCCC1(C)C)[C@H](O)[C@@H]1Cc2o[nH+]c(OCc4ccccc4)c2C(=O)[C@]1(O)C3=O. The molecule has 276 valence electrons. The number of ether oxygens (including phenoxy) is 3. The highest BCUT2D eigenvalue weighted by molar-refractivity contribution is 6.27. The van der Waals surface area contributed by atoms with E-state index in [1.165, 1.54) is 0 Å². The summed E-state index contributed by atoms with van der Waals surface area (Å²) in [6, 6.07) is 20.7. The molecule has 0 bridgehead atoms. The molecule has 54 heavy (non-hydrogen) atoms. The number of aromatic amines is 1. The number of aliphatic hydroxyl groups is 2. The minimum Gasteiger partial charge on any atom is -0.506 e. The molecule has 10 heteroatoms. The Morgan fingerprint density at radius 2 is 1.56 bits per heavy atom. The highest BCUT2D eigenvalue weighted by Crippen LogP contribution is 2.66. The number of aromatic nitrogens is 1. The highest BCUT2D eigenvalue weighted by Gasteiger charge is 2.65. The van der Waals surface area contributed by atoms with E-state index in [0.717, 1.165) is 35.1 Å². The topological polar surface area (TPSA) is 150 Å². The molecule has 0 aliphatic heterocycles. The Hall–Kier alpha value is -5.45. The van der Waals surface area contributed by atoms with E-state index in [1.54, 1.807) is 13.2 Å². The number of nitrogens with one attached hydrogen (secondary N) is 1. The average molecular weight is 729 g/mol. The van der Waals surface area contributed by atoms with Gasteiger partial charge in [0.15, 0.2) is 11.2 Å². The van der Waals surface area contributed by atoms with Gasteiger partial charge in [-0.05, 0) is 53.9 Å². The Morgan fingerprint density at radius 1 is 0.907 bits per heavy atom. The molecule has 1 aromatic heterocycles. The fourth-order valence-electron chi connectivity index (χ4n) is 9.97. The van der Waals surface area contributed by atoms with Gasteiger partial charge in [-0.25, -0.2) is 4.52 Å². The van der Waals surface area contributed by atoms with E-state index in [0.29, 0.717) is 23.1 Å². The molecule has 4 aliphatic rings. The third-order valence-electron chi connectivity index (χ3n) is 12.8. The van der Waals surface area contributed by atoms with Crippen molar-refractivity contribution in [1.82, 2.24) is 0 Å². The summed E-state index contributed by atoms with van der Waals surface area (Å²) in [6.45, 7) is 6.80. The van der Waals surface area contributed by atoms with Gasteiger partial charge in [-0.3, -0.25) is 9.59 Å². The molecule has 9 rings (SSSR count). The molecule has 0 saturated carbocycles. The number of benzene rings is 4. The summed E-state index contributed by atoms with van der Waals surface area (Å²) in [5, 5.41) is 40.9. The number of methoxy groups -OCH3 is 1. The molecule has 4 N–H and O–H groups in total. The summed E-state index contributed by atoms with van der Waals surface area (Å²) in [5.74, 6) is -2.73. The molecule has 4 atom stereocenters. The summed E-state index contributed by atoms with van der Waals surface area (Å²) in [7, 11) is 1.61. The number of rotatable bonds is 7. The maximum Gasteiger partial charge on any atom is 0.424 e. The molecule has 1 spiro atoms. The molecule has 10 nitrogen and oxygen atoms in total. The van der Waals surface area contributed by atoms with Gasteiger partial charge in [-0.2, -0.15) is 0 Å². The Bertz CT molecular complexity index is 2410. The Labute approximate surface area is 312 Å². The number of H-pyrrole nitrogens is 1. The first-order valence-corrected chi connectivity index (χ1v) is 18.4. The number of carbonyl (C=O) groups excluding carboxylic acids is 2. The smallest absolute Gasteiger partial charge is 0.424 e. The quantitative estimate of drug-likeness (QED) is 0.123. The fraction of sp³-hybridized carbons (Fsp3) is 0.341. The number of ketones is 2. The molecular formula is C44H42NO9+. The molecule has 0 amide bonds. The predicted molar refractivity (Wildman–Crippen MR) is 197 cm³/mol. The van der Waals surface area contributed by atoms with Crippen LogP contribution in [0.5, 0.6) is 23.1 Å². The zero-order valence-electron chi connectivity index (χ0n) is 30.6. The summed E-state index contributed by atoms with van der Waals surface area (Å²) in [6.07, 6.45) is 2.73. The number of phenolic OH excluding ortho intramolecular Hbond substituents is 1. The van der Waals surface area contributed by atoms with Crippen LogP contribution in [0.15, 0.2) is 82.9 Å². The van der Waals surface area contributed by atoms with Crippen LogP contribution in [0.4, 0.5) is 0 Å². The Kier molecular flexibility index (Phi) is 7.65. The lowest BCUT2D eigenvalue weighted by atomic mass is 9.54. The Balaban J connectivity index is 1.25. The fourth-order valence-corrected chi connectivity index (χ4v) is 9.97. The van der Waals surface area contributed by atoms with E-state index >= 15 is 0 Å². The monoisotopic (exact) mass is 728 g/mol. The maximum atomic E-state index is 15.0. The molecule has 4 aliphatic carbocycles. The number of Topliss-reactive ketones (excluding diaryl/α,β-unsaturated/α-hetero) is 2. The van der Waals surface area contributed by atoms with Crippen LogP contribution >= 0.6 is 0 Å². The van der Waals surface area contributed by atoms with Crippen LogP contribution in [-0.4, -0.2) is 39.6 Å². The van der Waals surface area contributed by atoms with Crippen LogP contribution in [-0.2, 0) is 31.5 Å². The van der Waals surface area contributed by atoms with E-state index in [-0.39, 0.29) is 64.5 Å². The molecular weight excluding hydrogens is 686 g/mol. The summed E-state index contributed by atoms with van der Waals surface area (Å²) < 4.78 is 24.3. The zero-order valence-corrected chi connectivity index (χ0v) is 30.6.